The number of anilines is 1. The third kappa shape index (κ3) is 2.83. The van der Waals surface area contributed by atoms with Crippen LogP contribution < -0.4 is 9.64 Å². The van der Waals surface area contributed by atoms with Crippen molar-refractivity contribution in [2.45, 2.75) is 18.9 Å². The summed E-state index contributed by atoms with van der Waals surface area (Å²) in [7, 11) is 0. The van der Waals surface area contributed by atoms with Gasteiger partial charge in [-0.05, 0) is 37.1 Å². The minimum absolute atomic E-state index is 0.0749. The number of nitrogens with zero attached hydrogens (tertiary/aromatic N) is 1. The zero-order valence-electron chi connectivity index (χ0n) is 12.5. The van der Waals surface area contributed by atoms with E-state index in [-0.39, 0.29) is 12.5 Å². The molecule has 1 N–H and O–H groups in total. The molecule has 22 heavy (non-hydrogen) atoms. The van der Waals surface area contributed by atoms with E-state index >= 15 is 0 Å². The third-order valence-electron chi connectivity index (χ3n) is 3.86. The van der Waals surface area contributed by atoms with Gasteiger partial charge in [-0.1, -0.05) is 36.4 Å². The number of benzene rings is 2. The van der Waals surface area contributed by atoms with Crippen LogP contribution in [0.25, 0.3) is 0 Å². The molecule has 1 aliphatic rings. The second-order valence-corrected chi connectivity index (χ2v) is 5.71. The maximum Gasteiger partial charge on any atom is 0.262 e. The number of aliphatic hydroxyl groups is 1. The lowest BCUT2D eigenvalue weighted by Gasteiger charge is -2.28. The summed E-state index contributed by atoms with van der Waals surface area (Å²) >= 11 is 0. The molecule has 4 nitrogen and oxygen atoms in total. The van der Waals surface area contributed by atoms with Gasteiger partial charge >= 0.3 is 0 Å². The lowest BCUT2D eigenvalue weighted by molar-refractivity contribution is -0.137. The van der Waals surface area contributed by atoms with Crippen LogP contribution in [0.1, 0.15) is 12.5 Å². The second kappa shape index (κ2) is 5.81. The first kappa shape index (κ1) is 14.6. The number of rotatable bonds is 4. The van der Waals surface area contributed by atoms with Gasteiger partial charge in [0.15, 0.2) is 5.60 Å². The number of carbonyl (C=O) groups excluding carboxylic acids is 1. The molecule has 0 aromatic heterocycles. The molecule has 1 heterocycles. The summed E-state index contributed by atoms with van der Waals surface area (Å²) in [5, 5.41) is 10.5. The standard InChI is InChI=1S/C18H19NO3/c1-18(21,13-22-15-8-3-2-4-9-15)17(20)19-12-11-14-7-5-6-10-16(14)19/h2-10,21H,11-13H2,1H3. The van der Waals surface area contributed by atoms with E-state index < -0.39 is 5.60 Å². The summed E-state index contributed by atoms with van der Waals surface area (Å²) in [6, 6.07) is 17.0. The predicted octanol–water partition coefficient (Wildman–Crippen LogP) is 2.41. The Morgan fingerprint density at radius 1 is 1.18 bits per heavy atom. The molecule has 4 heteroatoms. The van der Waals surface area contributed by atoms with Crippen molar-refractivity contribution in [2.24, 2.45) is 0 Å². The molecule has 2 aromatic carbocycles. The molecule has 114 valence electrons. The highest BCUT2D eigenvalue weighted by atomic mass is 16.5. The first-order valence-electron chi connectivity index (χ1n) is 7.38. The molecule has 0 bridgehead atoms. The fourth-order valence-corrected chi connectivity index (χ4v) is 2.64. The summed E-state index contributed by atoms with van der Waals surface area (Å²) in [6.07, 6.45) is 0.817. The van der Waals surface area contributed by atoms with Crippen LogP contribution in [0.2, 0.25) is 0 Å². The number of ether oxygens (including phenoxy) is 1. The van der Waals surface area contributed by atoms with Crippen molar-refractivity contribution in [1.29, 1.82) is 0 Å². The molecule has 0 saturated carbocycles. The fraction of sp³-hybridized carbons (Fsp3) is 0.278. The molecule has 0 radical (unpaired) electrons. The van der Waals surface area contributed by atoms with Crippen LogP contribution in [0, 0.1) is 0 Å². The van der Waals surface area contributed by atoms with E-state index in [4.69, 9.17) is 4.74 Å². The van der Waals surface area contributed by atoms with Crippen LogP contribution in [0.15, 0.2) is 54.6 Å². The van der Waals surface area contributed by atoms with E-state index in [1.54, 1.807) is 17.0 Å². The minimum Gasteiger partial charge on any atom is -0.490 e. The highest BCUT2D eigenvalue weighted by molar-refractivity contribution is 6.00. The molecule has 1 aliphatic heterocycles. The Bertz CT molecular complexity index is 667. The SMILES string of the molecule is CC(O)(COc1ccccc1)C(=O)N1CCc2ccccc21. The van der Waals surface area contributed by atoms with E-state index in [0.29, 0.717) is 12.3 Å². The molecular formula is C18H19NO3. The highest BCUT2D eigenvalue weighted by Gasteiger charge is 2.38. The third-order valence-corrected chi connectivity index (χ3v) is 3.86. The Balaban J connectivity index is 1.71. The summed E-state index contributed by atoms with van der Waals surface area (Å²) in [5.74, 6) is 0.311. The number of carbonyl (C=O) groups is 1. The zero-order valence-corrected chi connectivity index (χ0v) is 12.5. The van der Waals surface area contributed by atoms with Crippen molar-refractivity contribution < 1.29 is 14.6 Å². The summed E-state index contributed by atoms with van der Waals surface area (Å²) in [4.78, 5) is 14.3. The summed E-state index contributed by atoms with van der Waals surface area (Å²) in [5.41, 5.74) is 0.455. The normalized spacial score (nSPS) is 16.0. The van der Waals surface area contributed by atoms with Crippen molar-refractivity contribution in [2.75, 3.05) is 18.1 Å². The maximum atomic E-state index is 12.6. The number of fused-ring (bicyclic) bond motifs is 1. The molecule has 0 fully saturated rings. The number of hydrogen-bond acceptors (Lipinski definition) is 3. The van der Waals surface area contributed by atoms with Crippen molar-refractivity contribution >= 4 is 11.6 Å². The van der Waals surface area contributed by atoms with Gasteiger partial charge in [0.25, 0.3) is 5.91 Å². The Morgan fingerprint density at radius 2 is 1.86 bits per heavy atom. The van der Waals surface area contributed by atoms with Crippen molar-refractivity contribution in [1.82, 2.24) is 0 Å². The summed E-state index contributed by atoms with van der Waals surface area (Å²) in [6.45, 7) is 2.02. The van der Waals surface area contributed by atoms with Crippen LogP contribution in [-0.2, 0) is 11.2 Å². The molecule has 0 spiro atoms. The first-order chi connectivity index (χ1) is 10.6. The quantitative estimate of drug-likeness (QED) is 0.943. The van der Waals surface area contributed by atoms with Gasteiger partial charge in [0.05, 0.1) is 0 Å². The Morgan fingerprint density at radius 3 is 2.64 bits per heavy atom. The average molecular weight is 297 g/mol. The van der Waals surface area contributed by atoms with E-state index in [1.807, 2.05) is 42.5 Å². The average Bonchev–Trinajstić information content (AvgIpc) is 2.97. The van der Waals surface area contributed by atoms with E-state index in [1.165, 1.54) is 6.92 Å². The lowest BCUT2D eigenvalue weighted by atomic mass is 10.1. The molecule has 0 saturated heterocycles. The van der Waals surface area contributed by atoms with Gasteiger partial charge in [-0.3, -0.25) is 4.79 Å². The van der Waals surface area contributed by atoms with E-state index in [9.17, 15) is 9.90 Å². The number of amides is 1. The second-order valence-electron chi connectivity index (χ2n) is 5.71. The molecule has 1 atom stereocenters. The largest absolute Gasteiger partial charge is 0.490 e. The Labute approximate surface area is 130 Å². The van der Waals surface area contributed by atoms with Gasteiger partial charge in [-0.25, -0.2) is 0 Å². The molecule has 1 amide bonds. The van der Waals surface area contributed by atoms with Gasteiger partial charge in [0.2, 0.25) is 0 Å². The summed E-state index contributed by atoms with van der Waals surface area (Å²) < 4.78 is 5.54. The number of para-hydroxylation sites is 2. The zero-order chi connectivity index (χ0) is 15.6. The van der Waals surface area contributed by atoms with E-state index in [2.05, 4.69) is 0 Å². The first-order valence-corrected chi connectivity index (χ1v) is 7.38. The Kier molecular flexibility index (Phi) is 3.86. The smallest absolute Gasteiger partial charge is 0.262 e. The molecule has 0 aliphatic carbocycles. The van der Waals surface area contributed by atoms with Gasteiger partial charge in [0, 0.05) is 12.2 Å². The minimum atomic E-state index is -1.56. The predicted molar refractivity (Wildman–Crippen MR) is 85.1 cm³/mol. The lowest BCUT2D eigenvalue weighted by Crippen LogP contribution is -2.50. The monoisotopic (exact) mass is 297 g/mol. The Hall–Kier alpha value is -2.33. The number of hydrogen-bond donors (Lipinski definition) is 1. The van der Waals surface area contributed by atoms with Gasteiger partial charge in [-0.15, -0.1) is 0 Å². The van der Waals surface area contributed by atoms with Crippen LogP contribution in [0.5, 0.6) is 5.75 Å². The molecule has 2 aromatic rings. The van der Waals surface area contributed by atoms with Crippen molar-refractivity contribution in [3.05, 3.63) is 60.2 Å². The van der Waals surface area contributed by atoms with Crippen LogP contribution in [-0.4, -0.2) is 29.8 Å². The van der Waals surface area contributed by atoms with Gasteiger partial charge in [-0.2, -0.15) is 0 Å². The van der Waals surface area contributed by atoms with Gasteiger partial charge in [0.1, 0.15) is 12.4 Å². The fourth-order valence-electron chi connectivity index (χ4n) is 2.64. The molecule has 1 unspecified atom stereocenters. The van der Waals surface area contributed by atoms with Crippen LogP contribution >= 0.6 is 0 Å². The van der Waals surface area contributed by atoms with E-state index in [0.717, 1.165) is 17.7 Å². The van der Waals surface area contributed by atoms with Crippen LogP contribution in [0.3, 0.4) is 0 Å². The van der Waals surface area contributed by atoms with Crippen LogP contribution in [0.4, 0.5) is 5.69 Å². The van der Waals surface area contributed by atoms with Crippen molar-refractivity contribution in [3.63, 3.8) is 0 Å². The van der Waals surface area contributed by atoms with Crippen molar-refractivity contribution in [3.8, 4) is 5.75 Å². The highest BCUT2D eigenvalue weighted by Crippen LogP contribution is 2.29. The maximum absolute atomic E-state index is 12.6. The topological polar surface area (TPSA) is 49.8 Å². The molecular weight excluding hydrogens is 278 g/mol. The van der Waals surface area contributed by atoms with Gasteiger partial charge < -0.3 is 14.7 Å². The molecule has 3 rings (SSSR count).